The number of hydrogen-bond acceptors (Lipinski definition) is 4. The summed E-state index contributed by atoms with van der Waals surface area (Å²) < 4.78 is 17.2. The van der Waals surface area contributed by atoms with Crippen molar-refractivity contribution in [2.75, 3.05) is 26.8 Å². The largest absolute Gasteiger partial charge is 0.493 e. The van der Waals surface area contributed by atoms with Gasteiger partial charge in [-0.3, -0.25) is 4.79 Å². The number of rotatable bonds is 5. The minimum Gasteiger partial charge on any atom is -0.493 e. The van der Waals surface area contributed by atoms with Crippen molar-refractivity contribution in [2.45, 2.75) is 19.8 Å². The van der Waals surface area contributed by atoms with Crippen LogP contribution in [0.15, 0.2) is 52.9 Å². The molecule has 5 nitrogen and oxygen atoms in total. The Balaban J connectivity index is 1.48. The Morgan fingerprint density at radius 1 is 1.18 bits per heavy atom. The minimum absolute atomic E-state index is 0.0554. The van der Waals surface area contributed by atoms with Gasteiger partial charge in [0.1, 0.15) is 5.75 Å². The van der Waals surface area contributed by atoms with E-state index in [0.717, 1.165) is 36.1 Å². The molecule has 1 unspecified atom stereocenters. The topological polar surface area (TPSA) is 51.9 Å². The number of amides is 1. The van der Waals surface area contributed by atoms with Crippen molar-refractivity contribution in [3.8, 4) is 11.5 Å². The van der Waals surface area contributed by atoms with Crippen molar-refractivity contribution in [2.24, 2.45) is 5.92 Å². The van der Waals surface area contributed by atoms with Crippen molar-refractivity contribution in [3.05, 3.63) is 59.9 Å². The number of hydrogen-bond donors (Lipinski definition) is 0. The fraction of sp³-hybridized carbons (Fsp3) is 0.348. The highest BCUT2D eigenvalue weighted by atomic mass is 16.5. The maximum Gasteiger partial charge on any atom is 0.289 e. The molecule has 146 valence electrons. The third kappa shape index (κ3) is 3.57. The predicted molar refractivity (Wildman–Crippen MR) is 108 cm³/mol. The molecule has 1 atom stereocenters. The molecular formula is C23H25NO4. The van der Waals surface area contributed by atoms with Crippen LogP contribution in [-0.4, -0.2) is 37.6 Å². The first-order chi connectivity index (χ1) is 13.7. The Kier molecular flexibility index (Phi) is 5.24. The highest BCUT2D eigenvalue weighted by Gasteiger charge is 2.29. The normalized spacial score (nSPS) is 16.9. The van der Waals surface area contributed by atoms with E-state index >= 15 is 0 Å². The average Bonchev–Trinajstić information content (AvgIpc) is 3.09. The van der Waals surface area contributed by atoms with Gasteiger partial charge in [-0.2, -0.15) is 0 Å². The van der Waals surface area contributed by atoms with Crippen LogP contribution < -0.4 is 9.47 Å². The Morgan fingerprint density at radius 3 is 2.79 bits per heavy atom. The molecule has 1 aliphatic rings. The van der Waals surface area contributed by atoms with E-state index in [1.807, 2.05) is 60.4 Å². The molecule has 5 heteroatoms. The van der Waals surface area contributed by atoms with Gasteiger partial charge in [-0.05, 0) is 38.0 Å². The summed E-state index contributed by atoms with van der Waals surface area (Å²) in [6.07, 6.45) is 2.03. The second-order valence-electron chi connectivity index (χ2n) is 7.28. The van der Waals surface area contributed by atoms with Crippen molar-refractivity contribution >= 4 is 16.9 Å². The Morgan fingerprint density at radius 2 is 2.00 bits per heavy atom. The molecule has 1 aliphatic heterocycles. The summed E-state index contributed by atoms with van der Waals surface area (Å²) in [6, 6.07) is 15.5. The van der Waals surface area contributed by atoms with Crippen LogP contribution in [0.25, 0.3) is 11.0 Å². The molecular weight excluding hydrogens is 354 g/mol. The van der Waals surface area contributed by atoms with Crippen molar-refractivity contribution in [1.29, 1.82) is 0 Å². The van der Waals surface area contributed by atoms with Crippen molar-refractivity contribution in [3.63, 3.8) is 0 Å². The lowest BCUT2D eigenvalue weighted by molar-refractivity contribution is 0.0603. The van der Waals surface area contributed by atoms with Crippen molar-refractivity contribution in [1.82, 2.24) is 4.90 Å². The summed E-state index contributed by atoms with van der Waals surface area (Å²) in [5.74, 6) is 2.18. The van der Waals surface area contributed by atoms with E-state index in [-0.39, 0.29) is 5.91 Å². The molecule has 1 fully saturated rings. The highest BCUT2D eigenvalue weighted by molar-refractivity contribution is 6.00. The predicted octanol–water partition coefficient (Wildman–Crippen LogP) is 4.68. The third-order valence-electron chi connectivity index (χ3n) is 5.38. The number of piperidine rings is 1. The number of ether oxygens (including phenoxy) is 2. The van der Waals surface area contributed by atoms with Gasteiger partial charge in [0.25, 0.3) is 5.91 Å². The summed E-state index contributed by atoms with van der Waals surface area (Å²) >= 11 is 0. The van der Waals surface area contributed by atoms with Crippen LogP contribution in [0.5, 0.6) is 11.5 Å². The minimum atomic E-state index is -0.0554. The lowest BCUT2D eigenvalue weighted by Gasteiger charge is -2.32. The number of aryl methyl sites for hydroxylation is 1. The van der Waals surface area contributed by atoms with E-state index in [9.17, 15) is 4.79 Å². The van der Waals surface area contributed by atoms with E-state index in [1.165, 1.54) is 0 Å². The number of nitrogens with zero attached hydrogens (tertiary/aromatic N) is 1. The zero-order valence-electron chi connectivity index (χ0n) is 16.3. The molecule has 4 rings (SSSR count). The maximum absolute atomic E-state index is 13.2. The first-order valence-electron chi connectivity index (χ1n) is 9.70. The van der Waals surface area contributed by atoms with Crippen LogP contribution in [0, 0.1) is 12.8 Å². The molecule has 1 aromatic heterocycles. The van der Waals surface area contributed by atoms with Gasteiger partial charge >= 0.3 is 0 Å². The number of para-hydroxylation sites is 2. The Bertz CT molecular complexity index is 963. The lowest BCUT2D eigenvalue weighted by atomic mass is 9.98. The maximum atomic E-state index is 13.2. The number of carbonyl (C=O) groups is 1. The van der Waals surface area contributed by atoms with Crippen LogP contribution in [0.3, 0.4) is 0 Å². The van der Waals surface area contributed by atoms with Gasteiger partial charge in [0.2, 0.25) is 0 Å². The van der Waals surface area contributed by atoms with Crippen LogP contribution in [0.4, 0.5) is 0 Å². The second kappa shape index (κ2) is 7.97. The number of methoxy groups -OCH3 is 1. The van der Waals surface area contributed by atoms with Gasteiger partial charge in [0.05, 0.1) is 13.7 Å². The van der Waals surface area contributed by atoms with E-state index in [4.69, 9.17) is 13.9 Å². The van der Waals surface area contributed by atoms with E-state index in [1.54, 1.807) is 7.11 Å². The molecule has 2 heterocycles. The van der Waals surface area contributed by atoms with Crippen LogP contribution in [0.2, 0.25) is 0 Å². The van der Waals surface area contributed by atoms with Gasteiger partial charge < -0.3 is 18.8 Å². The van der Waals surface area contributed by atoms with Gasteiger partial charge in [-0.1, -0.05) is 30.3 Å². The molecule has 3 aromatic rings. The highest BCUT2D eigenvalue weighted by Crippen LogP contribution is 2.33. The molecule has 0 bridgehead atoms. The molecule has 0 aliphatic carbocycles. The fourth-order valence-electron chi connectivity index (χ4n) is 3.84. The molecule has 28 heavy (non-hydrogen) atoms. The number of fused-ring (bicyclic) bond motifs is 1. The molecule has 2 aromatic carbocycles. The smallest absolute Gasteiger partial charge is 0.289 e. The first-order valence-corrected chi connectivity index (χ1v) is 9.70. The molecule has 0 radical (unpaired) electrons. The van der Waals surface area contributed by atoms with Gasteiger partial charge in [0.15, 0.2) is 17.1 Å². The van der Waals surface area contributed by atoms with Crippen molar-refractivity contribution < 1.29 is 18.7 Å². The van der Waals surface area contributed by atoms with Crippen LogP contribution in [-0.2, 0) is 0 Å². The Hall–Kier alpha value is -2.95. The Labute approximate surface area is 164 Å². The van der Waals surface area contributed by atoms with Crippen LogP contribution >= 0.6 is 0 Å². The SMILES string of the molecule is COc1cccc2c(C)c(C(=O)N3CCCC(COc4ccccc4)C3)oc12. The molecule has 0 spiro atoms. The number of carbonyl (C=O) groups excluding carboxylic acids is 1. The van der Waals surface area contributed by atoms with Crippen LogP contribution in [0.1, 0.15) is 29.0 Å². The summed E-state index contributed by atoms with van der Waals surface area (Å²) in [5.41, 5.74) is 1.49. The van der Waals surface area contributed by atoms with Gasteiger partial charge in [-0.15, -0.1) is 0 Å². The summed E-state index contributed by atoms with van der Waals surface area (Å²) in [6.45, 7) is 3.97. The zero-order chi connectivity index (χ0) is 19.5. The summed E-state index contributed by atoms with van der Waals surface area (Å²) in [5, 5.41) is 0.920. The monoisotopic (exact) mass is 379 g/mol. The number of furan rings is 1. The average molecular weight is 379 g/mol. The van der Waals surface area contributed by atoms with E-state index < -0.39 is 0 Å². The summed E-state index contributed by atoms with van der Waals surface area (Å²) in [4.78, 5) is 15.0. The first kappa shape index (κ1) is 18.4. The summed E-state index contributed by atoms with van der Waals surface area (Å²) in [7, 11) is 1.61. The molecule has 0 saturated carbocycles. The third-order valence-corrected chi connectivity index (χ3v) is 5.38. The molecule has 1 saturated heterocycles. The van der Waals surface area contributed by atoms with Gasteiger partial charge in [0, 0.05) is 30.0 Å². The lowest BCUT2D eigenvalue weighted by Crippen LogP contribution is -2.41. The fourth-order valence-corrected chi connectivity index (χ4v) is 3.84. The number of benzene rings is 2. The van der Waals surface area contributed by atoms with Gasteiger partial charge in [-0.25, -0.2) is 0 Å². The zero-order valence-corrected chi connectivity index (χ0v) is 16.3. The standard InChI is InChI=1S/C23H25NO4/c1-16-19-11-6-12-20(26-2)22(19)28-21(16)23(25)24-13-7-8-17(14-24)15-27-18-9-4-3-5-10-18/h3-6,9-12,17H,7-8,13-15H2,1-2H3. The molecule has 0 N–H and O–H groups in total. The second-order valence-corrected chi connectivity index (χ2v) is 7.28. The quantitative estimate of drug-likeness (QED) is 0.646. The number of likely N-dealkylation sites (tertiary alicyclic amines) is 1. The molecule has 1 amide bonds. The van der Waals surface area contributed by atoms with E-state index in [2.05, 4.69) is 0 Å². The van der Waals surface area contributed by atoms with E-state index in [0.29, 0.717) is 36.2 Å².